The first-order chi connectivity index (χ1) is 12.6. The topological polar surface area (TPSA) is 83.1 Å². The molecule has 0 aliphatic heterocycles. The second-order valence-electron chi connectivity index (χ2n) is 7.75. The zero-order valence-electron chi connectivity index (χ0n) is 16.6. The van der Waals surface area contributed by atoms with Crippen molar-refractivity contribution in [1.82, 2.24) is 15.6 Å². The number of anilines is 1. The van der Waals surface area contributed by atoms with E-state index in [1.165, 1.54) is 0 Å². The molecule has 0 fully saturated rings. The standard InChI is InChI=1S/C20H28N4O2S/c1-13(2)18-22-16(12-27-18)9-10-21-19(26)23-15-8-6-7-14(11-15)17(25)24-20(3,4)5/h6-8,11-13H,9-10H2,1-5H3,(H,24,25)(H2,21,23,26). The molecular formula is C20H28N4O2S. The summed E-state index contributed by atoms with van der Waals surface area (Å²) in [5.74, 6) is 0.249. The van der Waals surface area contributed by atoms with Crippen LogP contribution in [0.3, 0.4) is 0 Å². The van der Waals surface area contributed by atoms with Crippen LogP contribution in [0.5, 0.6) is 0 Å². The summed E-state index contributed by atoms with van der Waals surface area (Å²) < 4.78 is 0. The normalized spacial score (nSPS) is 11.3. The molecule has 1 heterocycles. The molecule has 0 radical (unpaired) electrons. The van der Waals surface area contributed by atoms with Gasteiger partial charge in [0.1, 0.15) is 0 Å². The van der Waals surface area contributed by atoms with Gasteiger partial charge in [-0.25, -0.2) is 9.78 Å². The third kappa shape index (κ3) is 7.02. The molecule has 1 aromatic heterocycles. The fraction of sp³-hybridized carbons (Fsp3) is 0.450. The lowest BCUT2D eigenvalue weighted by molar-refractivity contribution is 0.0919. The Morgan fingerprint density at radius 1 is 1.22 bits per heavy atom. The van der Waals surface area contributed by atoms with Crippen LogP contribution in [-0.2, 0) is 6.42 Å². The molecule has 0 aliphatic rings. The van der Waals surface area contributed by atoms with Gasteiger partial charge in [-0.05, 0) is 39.0 Å². The number of urea groups is 1. The van der Waals surface area contributed by atoms with E-state index in [-0.39, 0.29) is 17.5 Å². The van der Waals surface area contributed by atoms with Gasteiger partial charge in [-0.2, -0.15) is 0 Å². The van der Waals surface area contributed by atoms with Gasteiger partial charge in [0.15, 0.2) is 0 Å². The van der Waals surface area contributed by atoms with Crippen LogP contribution < -0.4 is 16.0 Å². The van der Waals surface area contributed by atoms with Crippen molar-refractivity contribution in [1.29, 1.82) is 0 Å². The van der Waals surface area contributed by atoms with Crippen LogP contribution in [0.25, 0.3) is 0 Å². The Hall–Kier alpha value is -2.41. The van der Waals surface area contributed by atoms with Crippen molar-refractivity contribution in [2.45, 2.75) is 52.5 Å². The smallest absolute Gasteiger partial charge is 0.319 e. The van der Waals surface area contributed by atoms with E-state index in [0.29, 0.717) is 30.1 Å². The van der Waals surface area contributed by atoms with E-state index < -0.39 is 0 Å². The number of rotatable bonds is 6. The number of hydrogen-bond donors (Lipinski definition) is 3. The van der Waals surface area contributed by atoms with Gasteiger partial charge in [0.05, 0.1) is 10.7 Å². The first kappa shape index (κ1) is 20.9. The van der Waals surface area contributed by atoms with E-state index >= 15 is 0 Å². The van der Waals surface area contributed by atoms with Gasteiger partial charge in [0.2, 0.25) is 0 Å². The molecule has 0 spiro atoms. The Bertz CT molecular complexity index is 793. The second-order valence-corrected chi connectivity index (χ2v) is 8.64. The third-order valence-electron chi connectivity index (χ3n) is 3.60. The number of nitrogens with one attached hydrogen (secondary N) is 3. The van der Waals surface area contributed by atoms with Crippen LogP contribution >= 0.6 is 11.3 Å². The first-order valence-corrected chi connectivity index (χ1v) is 9.94. The van der Waals surface area contributed by atoms with Crippen LogP contribution in [0.2, 0.25) is 0 Å². The number of thiazole rings is 1. The monoisotopic (exact) mass is 388 g/mol. The average Bonchev–Trinajstić information content (AvgIpc) is 3.02. The van der Waals surface area contributed by atoms with E-state index in [1.54, 1.807) is 35.6 Å². The minimum atomic E-state index is -0.316. The van der Waals surface area contributed by atoms with Crippen LogP contribution in [0.1, 0.15) is 61.6 Å². The van der Waals surface area contributed by atoms with Gasteiger partial charge in [-0.3, -0.25) is 4.79 Å². The lowest BCUT2D eigenvalue weighted by atomic mass is 10.1. The molecule has 0 saturated heterocycles. The van der Waals surface area contributed by atoms with Crippen molar-refractivity contribution in [2.24, 2.45) is 0 Å². The molecule has 3 N–H and O–H groups in total. The highest BCUT2D eigenvalue weighted by Gasteiger charge is 2.15. The highest BCUT2D eigenvalue weighted by Crippen LogP contribution is 2.19. The summed E-state index contributed by atoms with van der Waals surface area (Å²) in [5, 5.41) is 11.6. The largest absolute Gasteiger partial charge is 0.347 e. The van der Waals surface area contributed by atoms with Crippen LogP contribution in [-0.4, -0.2) is 29.0 Å². The Morgan fingerprint density at radius 3 is 2.59 bits per heavy atom. The molecule has 0 bridgehead atoms. The maximum absolute atomic E-state index is 12.2. The highest BCUT2D eigenvalue weighted by atomic mass is 32.1. The lowest BCUT2D eigenvalue weighted by Gasteiger charge is -2.20. The molecular weight excluding hydrogens is 360 g/mol. The summed E-state index contributed by atoms with van der Waals surface area (Å²) in [6, 6.07) is 6.58. The van der Waals surface area contributed by atoms with Crippen molar-refractivity contribution in [3.8, 4) is 0 Å². The summed E-state index contributed by atoms with van der Waals surface area (Å²) in [6.07, 6.45) is 0.685. The van der Waals surface area contributed by atoms with Crippen molar-refractivity contribution in [3.63, 3.8) is 0 Å². The molecule has 146 valence electrons. The number of nitrogens with zero attached hydrogens (tertiary/aromatic N) is 1. The molecule has 7 heteroatoms. The van der Waals surface area contributed by atoms with Crippen molar-refractivity contribution in [2.75, 3.05) is 11.9 Å². The van der Waals surface area contributed by atoms with E-state index in [9.17, 15) is 9.59 Å². The quantitative estimate of drug-likeness (QED) is 0.695. The fourth-order valence-electron chi connectivity index (χ4n) is 2.33. The zero-order chi connectivity index (χ0) is 20.0. The summed E-state index contributed by atoms with van der Waals surface area (Å²) in [5.41, 5.74) is 1.75. The third-order valence-corrected chi connectivity index (χ3v) is 4.80. The van der Waals surface area contributed by atoms with E-state index in [2.05, 4.69) is 34.8 Å². The molecule has 6 nitrogen and oxygen atoms in total. The number of carbonyl (C=O) groups excluding carboxylic acids is 2. The number of hydrogen-bond acceptors (Lipinski definition) is 4. The van der Waals surface area contributed by atoms with Gasteiger partial charge >= 0.3 is 6.03 Å². The predicted octanol–water partition coefficient (Wildman–Crippen LogP) is 4.16. The molecule has 27 heavy (non-hydrogen) atoms. The summed E-state index contributed by atoms with van der Waals surface area (Å²) >= 11 is 1.65. The van der Waals surface area contributed by atoms with E-state index in [4.69, 9.17) is 0 Å². The molecule has 2 aromatic rings. The van der Waals surface area contributed by atoms with Crippen molar-refractivity contribution >= 4 is 29.0 Å². The second kappa shape index (κ2) is 8.99. The minimum Gasteiger partial charge on any atom is -0.347 e. The summed E-state index contributed by atoms with van der Waals surface area (Å²) in [7, 11) is 0. The first-order valence-electron chi connectivity index (χ1n) is 9.06. The molecule has 0 aliphatic carbocycles. The van der Waals surface area contributed by atoms with Crippen LogP contribution in [0.4, 0.5) is 10.5 Å². The maximum Gasteiger partial charge on any atom is 0.319 e. The van der Waals surface area contributed by atoms with E-state index in [1.807, 2.05) is 26.2 Å². The number of carbonyl (C=O) groups is 2. The molecule has 3 amide bonds. The van der Waals surface area contributed by atoms with Gasteiger partial charge in [0, 0.05) is 41.1 Å². The Kier molecular flexibility index (Phi) is 6.96. The van der Waals surface area contributed by atoms with Crippen molar-refractivity contribution in [3.05, 3.63) is 45.9 Å². The number of benzene rings is 1. The van der Waals surface area contributed by atoms with E-state index in [0.717, 1.165) is 10.7 Å². The molecule has 2 rings (SSSR count). The fourth-order valence-corrected chi connectivity index (χ4v) is 3.20. The Balaban J connectivity index is 1.84. The van der Waals surface area contributed by atoms with Crippen molar-refractivity contribution < 1.29 is 9.59 Å². The lowest BCUT2D eigenvalue weighted by Crippen LogP contribution is -2.40. The van der Waals surface area contributed by atoms with Gasteiger partial charge in [-0.1, -0.05) is 19.9 Å². The molecule has 1 aromatic carbocycles. The SMILES string of the molecule is CC(C)c1nc(CCNC(=O)Nc2cccc(C(=O)NC(C)(C)C)c2)cs1. The summed E-state index contributed by atoms with van der Waals surface area (Å²) in [6.45, 7) is 10.5. The Morgan fingerprint density at radius 2 is 1.96 bits per heavy atom. The van der Waals surface area contributed by atoms with Gasteiger partial charge in [0.25, 0.3) is 5.91 Å². The van der Waals surface area contributed by atoms with Gasteiger partial charge in [-0.15, -0.1) is 11.3 Å². The minimum absolute atomic E-state index is 0.170. The summed E-state index contributed by atoms with van der Waals surface area (Å²) in [4.78, 5) is 28.9. The molecule has 0 saturated carbocycles. The number of aromatic nitrogens is 1. The maximum atomic E-state index is 12.2. The van der Waals surface area contributed by atoms with Gasteiger partial charge < -0.3 is 16.0 Å². The highest BCUT2D eigenvalue weighted by molar-refractivity contribution is 7.09. The van der Waals surface area contributed by atoms with Crippen LogP contribution in [0, 0.1) is 0 Å². The zero-order valence-corrected chi connectivity index (χ0v) is 17.4. The number of amides is 3. The Labute approximate surface area is 164 Å². The molecule has 0 atom stereocenters. The molecule has 0 unspecified atom stereocenters. The predicted molar refractivity (Wildman–Crippen MR) is 111 cm³/mol. The average molecular weight is 389 g/mol. The van der Waals surface area contributed by atoms with Crippen LogP contribution in [0.15, 0.2) is 29.6 Å².